The van der Waals surface area contributed by atoms with Gasteiger partial charge in [0.05, 0.1) is 23.9 Å². The van der Waals surface area contributed by atoms with Crippen molar-refractivity contribution in [3.05, 3.63) is 63.9 Å². The fourth-order valence-corrected chi connectivity index (χ4v) is 8.83. The van der Waals surface area contributed by atoms with Crippen molar-refractivity contribution < 1.29 is 49.9 Å². The maximum absolute atomic E-state index is 14.5. The number of hydrogen-bond acceptors (Lipinski definition) is 8. The monoisotopic (exact) mass is 799 g/mol. The Morgan fingerprint density at radius 2 is 1.78 bits per heavy atom. The number of hydrogen-bond donors (Lipinski definition) is 3. The minimum atomic E-state index is -4.88. The second-order valence-corrected chi connectivity index (χ2v) is 18.0. The smallest absolute Gasteiger partial charge is 0.416 e. The molecule has 54 heavy (non-hydrogen) atoms. The van der Waals surface area contributed by atoms with Crippen molar-refractivity contribution in [3.63, 3.8) is 0 Å². The Hall–Kier alpha value is -4.12. The van der Waals surface area contributed by atoms with Gasteiger partial charge < -0.3 is 20.3 Å². The van der Waals surface area contributed by atoms with E-state index in [0.717, 1.165) is 22.1 Å². The summed E-state index contributed by atoms with van der Waals surface area (Å²) in [4.78, 5) is 58.1. The van der Waals surface area contributed by atoms with Gasteiger partial charge in [-0.25, -0.2) is 17.6 Å². The third kappa shape index (κ3) is 8.11. The Labute approximate surface area is 315 Å². The first-order valence-corrected chi connectivity index (χ1v) is 19.6. The summed E-state index contributed by atoms with van der Waals surface area (Å²) in [6, 6.07) is 4.41. The number of sulfonamides is 1. The summed E-state index contributed by atoms with van der Waals surface area (Å²) < 4.78 is 88.4. The Balaban J connectivity index is 1.27. The van der Waals surface area contributed by atoms with Crippen LogP contribution in [0.1, 0.15) is 76.5 Å². The van der Waals surface area contributed by atoms with Gasteiger partial charge in [-0.2, -0.15) is 13.2 Å². The number of alkyl halides is 3. The van der Waals surface area contributed by atoms with Crippen molar-refractivity contribution in [1.82, 2.24) is 19.8 Å². The highest BCUT2D eigenvalue weighted by atomic mass is 35.5. The Bertz CT molecular complexity index is 1970. The van der Waals surface area contributed by atoms with Crippen molar-refractivity contribution in [2.75, 3.05) is 11.9 Å². The first-order chi connectivity index (χ1) is 25.1. The summed E-state index contributed by atoms with van der Waals surface area (Å²) in [5.74, 6) is -4.06. The van der Waals surface area contributed by atoms with Crippen molar-refractivity contribution in [1.29, 1.82) is 0 Å². The zero-order chi connectivity index (χ0) is 39.5. The van der Waals surface area contributed by atoms with Gasteiger partial charge in [0, 0.05) is 23.7 Å². The molecule has 0 unspecified atom stereocenters. The number of carbonyl (C=O) groups is 4. The quantitative estimate of drug-likeness (QED) is 0.273. The predicted molar refractivity (Wildman–Crippen MR) is 189 cm³/mol. The summed E-state index contributed by atoms with van der Waals surface area (Å²) in [6.45, 7) is 6.72. The Morgan fingerprint density at radius 3 is 2.37 bits per heavy atom. The fraction of sp³-hybridized carbons (Fsp3) is 0.556. The van der Waals surface area contributed by atoms with Crippen LogP contribution >= 0.6 is 11.6 Å². The van der Waals surface area contributed by atoms with E-state index in [9.17, 15) is 45.2 Å². The van der Waals surface area contributed by atoms with Crippen LogP contribution < -0.4 is 15.4 Å². The number of nitrogens with one attached hydrogen (secondary N) is 3. The Morgan fingerprint density at radius 1 is 1.07 bits per heavy atom. The largest absolute Gasteiger partial charge is 0.444 e. The number of fused-ring (bicyclic) bond motifs is 1. The molecule has 18 heteroatoms. The highest BCUT2D eigenvalue weighted by Crippen LogP contribution is 2.47. The van der Waals surface area contributed by atoms with E-state index >= 15 is 0 Å². The topological polar surface area (TPSA) is 154 Å². The normalized spacial score (nSPS) is 24.4. The highest BCUT2D eigenvalue weighted by Gasteiger charge is 2.62. The van der Waals surface area contributed by atoms with Crippen LogP contribution in [0.5, 0.6) is 0 Å². The molecule has 0 aromatic heterocycles. The van der Waals surface area contributed by atoms with Crippen LogP contribution in [-0.2, 0) is 48.4 Å². The van der Waals surface area contributed by atoms with E-state index in [-0.39, 0.29) is 38.2 Å². The van der Waals surface area contributed by atoms with Gasteiger partial charge in [0.2, 0.25) is 21.8 Å². The highest BCUT2D eigenvalue weighted by molar-refractivity contribution is 7.91. The van der Waals surface area contributed by atoms with E-state index in [4.69, 9.17) is 16.3 Å². The zero-order valence-electron chi connectivity index (χ0n) is 30.1. The molecule has 4 amide bonds. The van der Waals surface area contributed by atoms with E-state index in [0.29, 0.717) is 36.4 Å². The number of halogens is 5. The van der Waals surface area contributed by atoms with Crippen molar-refractivity contribution in [3.8, 4) is 0 Å². The standard InChI is InChI=1S/C36H42ClF4N5O7S/c1-5-20-15-35(20,32(49)44-54(51,52)25-9-10-25)43-30(47)28-14-24(53-33(50)45-16-19-7-6-8-27(37)26(19)18-45)17-46(28)31(48)29(34(2,3)4)42-23-12-21(36(39,40)41)11-22(38)13-23/h6-8,11-13,20,24-25,28-29,42H,5,9-10,14-18H2,1-4H3,(H,43,47)(H,44,49)/t20-,24+,28-,29+,35+/m0/s1. The van der Waals surface area contributed by atoms with Gasteiger partial charge in [0.15, 0.2) is 0 Å². The third-order valence-corrected chi connectivity index (χ3v) is 12.7. The number of nitrogens with zero attached hydrogens (tertiary/aromatic N) is 2. The van der Waals surface area contributed by atoms with Crippen LogP contribution in [0, 0.1) is 17.2 Å². The molecule has 2 aromatic rings. The van der Waals surface area contributed by atoms with Crippen LogP contribution in [0.4, 0.5) is 28.0 Å². The lowest BCUT2D eigenvalue weighted by molar-refractivity contribution is -0.141. The van der Waals surface area contributed by atoms with Gasteiger partial charge in [0.1, 0.15) is 29.5 Å². The maximum Gasteiger partial charge on any atom is 0.416 e. The summed E-state index contributed by atoms with van der Waals surface area (Å²) in [5, 5.41) is 5.23. The van der Waals surface area contributed by atoms with E-state index in [1.54, 1.807) is 39.8 Å². The average Bonchev–Trinajstić information content (AvgIpc) is 3.96. The molecule has 0 spiro atoms. The van der Waals surface area contributed by atoms with Crippen LogP contribution in [0.3, 0.4) is 0 Å². The molecule has 294 valence electrons. The number of anilines is 1. The average molecular weight is 800 g/mol. The van der Waals surface area contributed by atoms with Gasteiger partial charge in [-0.3, -0.25) is 24.0 Å². The molecule has 2 heterocycles. The molecule has 4 aliphatic rings. The minimum Gasteiger partial charge on any atom is -0.444 e. The van der Waals surface area contributed by atoms with Crippen molar-refractivity contribution in [2.45, 2.75) is 108 Å². The zero-order valence-corrected chi connectivity index (χ0v) is 31.6. The van der Waals surface area contributed by atoms with E-state index in [1.165, 1.54) is 4.90 Å². The summed E-state index contributed by atoms with van der Waals surface area (Å²) in [6.07, 6.45) is -5.48. The molecule has 3 fully saturated rings. The molecular formula is C36H42ClF4N5O7S. The van der Waals surface area contributed by atoms with Gasteiger partial charge in [0.25, 0.3) is 5.91 Å². The van der Waals surface area contributed by atoms with Crippen molar-refractivity contribution >= 4 is 51.1 Å². The summed E-state index contributed by atoms with van der Waals surface area (Å²) in [5.41, 5.74) is -2.63. The molecule has 0 bridgehead atoms. The summed E-state index contributed by atoms with van der Waals surface area (Å²) in [7, 11) is -3.96. The molecule has 2 saturated carbocycles. The van der Waals surface area contributed by atoms with Gasteiger partial charge >= 0.3 is 12.3 Å². The lowest BCUT2D eigenvalue weighted by atomic mass is 9.85. The van der Waals surface area contributed by atoms with E-state index in [1.807, 2.05) is 6.07 Å². The number of rotatable bonds is 10. The molecule has 2 aliphatic carbocycles. The van der Waals surface area contributed by atoms with Crippen LogP contribution in [0.25, 0.3) is 0 Å². The lowest BCUT2D eigenvalue weighted by Crippen LogP contribution is -2.58. The van der Waals surface area contributed by atoms with Crippen LogP contribution in [0.2, 0.25) is 5.02 Å². The van der Waals surface area contributed by atoms with Gasteiger partial charge in [-0.1, -0.05) is 57.8 Å². The molecule has 1 saturated heterocycles. The maximum atomic E-state index is 14.5. The third-order valence-electron chi connectivity index (χ3n) is 10.5. The van der Waals surface area contributed by atoms with Gasteiger partial charge in [-0.05, 0) is 66.0 Å². The van der Waals surface area contributed by atoms with Gasteiger partial charge in [-0.15, -0.1) is 0 Å². The Kier molecular flexibility index (Phi) is 10.4. The first-order valence-electron chi connectivity index (χ1n) is 17.7. The molecule has 2 aliphatic heterocycles. The minimum absolute atomic E-state index is 0.145. The molecule has 3 N–H and O–H groups in total. The van der Waals surface area contributed by atoms with Crippen LogP contribution in [-0.4, -0.2) is 77.6 Å². The number of amides is 4. The SMILES string of the molecule is CC[C@H]1C[C@]1(NC(=O)[C@@H]1C[C@@H](OC(=O)N2Cc3cccc(Cl)c3C2)CN1C(=O)[C@@H](Nc1cc(F)cc(C(F)(F)F)c1)C(C)(C)C)C(=O)NS(=O)(=O)C1CC1. The number of likely N-dealkylation sites (tertiary alicyclic amines) is 1. The first kappa shape index (κ1) is 39.6. The molecule has 2 aromatic carbocycles. The van der Waals surface area contributed by atoms with Crippen molar-refractivity contribution in [2.24, 2.45) is 11.3 Å². The molecule has 12 nitrogen and oxygen atoms in total. The predicted octanol–water partition coefficient (Wildman–Crippen LogP) is 5.34. The second kappa shape index (κ2) is 14.2. The number of ether oxygens (including phenoxy) is 1. The molecular weight excluding hydrogens is 758 g/mol. The lowest BCUT2D eigenvalue weighted by Gasteiger charge is -2.36. The van der Waals surface area contributed by atoms with E-state index in [2.05, 4.69) is 15.4 Å². The second-order valence-electron chi connectivity index (χ2n) is 15.6. The summed E-state index contributed by atoms with van der Waals surface area (Å²) >= 11 is 6.32. The molecule has 0 radical (unpaired) electrons. The van der Waals surface area contributed by atoms with Crippen LogP contribution in [0.15, 0.2) is 36.4 Å². The number of benzene rings is 2. The molecule has 5 atom stereocenters. The number of carbonyl (C=O) groups excluding carboxylic acids is 4. The van der Waals surface area contributed by atoms with E-state index < -0.39 is 91.7 Å². The fourth-order valence-electron chi connectivity index (χ4n) is 7.22. The molecule has 6 rings (SSSR count).